The summed E-state index contributed by atoms with van der Waals surface area (Å²) >= 11 is 0. The van der Waals surface area contributed by atoms with Gasteiger partial charge in [0.25, 0.3) is 5.91 Å². The summed E-state index contributed by atoms with van der Waals surface area (Å²) in [5, 5.41) is 8.05. The van der Waals surface area contributed by atoms with E-state index >= 15 is 0 Å². The molecule has 1 unspecified atom stereocenters. The SMILES string of the molecule is O=C(NC(Cc1ccccc1)C(=O)NCCCN1CCOCC1)c1ccc2ccccc2c1. The number of carbonyl (C=O) groups is 2. The molecule has 6 nitrogen and oxygen atoms in total. The maximum atomic E-state index is 13.0. The van der Waals surface area contributed by atoms with Crippen LogP contribution in [0.25, 0.3) is 10.8 Å². The van der Waals surface area contributed by atoms with Crippen molar-refractivity contribution in [2.24, 2.45) is 0 Å². The Morgan fingerprint density at radius 3 is 2.42 bits per heavy atom. The van der Waals surface area contributed by atoms with Gasteiger partial charge in [0.1, 0.15) is 6.04 Å². The lowest BCUT2D eigenvalue weighted by Crippen LogP contribution is -2.48. The molecule has 1 fully saturated rings. The maximum absolute atomic E-state index is 13.0. The molecule has 172 valence electrons. The fourth-order valence-electron chi connectivity index (χ4n) is 4.09. The zero-order valence-corrected chi connectivity index (χ0v) is 18.8. The second kappa shape index (κ2) is 11.6. The number of carbonyl (C=O) groups excluding carboxylic acids is 2. The molecular formula is C27H31N3O3. The van der Waals surface area contributed by atoms with Crippen molar-refractivity contribution >= 4 is 22.6 Å². The number of fused-ring (bicyclic) bond motifs is 1. The Hall–Kier alpha value is -3.22. The van der Waals surface area contributed by atoms with Crippen molar-refractivity contribution in [1.29, 1.82) is 0 Å². The summed E-state index contributed by atoms with van der Waals surface area (Å²) < 4.78 is 5.38. The third kappa shape index (κ3) is 6.63. The van der Waals surface area contributed by atoms with E-state index in [0.717, 1.165) is 55.6 Å². The molecule has 1 aliphatic rings. The van der Waals surface area contributed by atoms with E-state index in [1.165, 1.54) is 0 Å². The molecule has 1 aliphatic heterocycles. The highest BCUT2D eigenvalue weighted by Crippen LogP contribution is 2.16. The van der Waals surface area contributed by atoms with Gasteiger partial charge in [0, 0.05) is 31.6 Å². The first-order valence-corrected chi connectivity index (χ1v) is 11.6. The molecule has 33 heavy (non-hydrogen) atoms. The van der Waals surface area contributed by atoms with Gasteiger partial charge in [-0.3, -0.25) is 14.5 Å². The lowest BCUT2D eigenvalue weighted by molar-refractivity contribution is -0.123. The summed E-state index contributed by atoms with van der Waals surface area (Å²) in [7, 11) is 0. The van der Waals surface area contributed by atoms with Crippen molar-refractivity contribution in [1.82, 2.24) is 15.5 Å². The molecule has 1 heterocycles. The Labute approximate surface area is 194 Å². The van der Waals surface area contributed by atoms with Crippen LogP contribution in [-0.4, -0.2) is 62.1 Å². The van der Waals surface area contributed by atoms with E-state index in [1.807, 2.05) is 66.7 Å². The van der Waals surface area contributed by atoms with Crippen LogP contribution in [0.15, 0.2) is 72.8 Å². The van der Waals surface area contributed by atoms with Crippen molar-refractivity contribution in [2.45, 2.75) is 18.9 Å². The lowest BCUT2D eigenvalue weighted by atomic mass is 10.0. The minimum Gasteiger partial charge on any atom is -0.379 e. The number of amides is 2. The Bertz CT molecular complexity index is 1060. The van der Waals surface area contributed by atoms with Crippen LogP contribution in [0.3, 0.4) is 0 Å². The Morgan fingerprint density at radius 1 is 0.909 bits per heavy atom. The Morgan fingerprint density at radius 2 is 1.64 bits per heavy atom. The van der Waals surface area contributed by atoms with E-state index in [1.54, 1.807) is 6.07 Å². The van der Waals surface area contributed by atoms with E-state index in [4.69, 9.17) is 4.74 Å². The summed E-state index contributed by atoms with van der Waals surface area (Å²) in [4.78, 5) is 28.4. The van der Waals surface area contributed by atoms with E-state index < -0.39 is 6.04 Å². The average Bonchev–Trinajstić information content (AvgIpc) is 2.87. The Kier molecular flexibility index (Phi) is 8.06. The van der Waals surface area contributed by atoms with Crippen molar-refractivity contribution in [3.63, 3.8) is 0 Å². The molecule has 0 radical (unpaired) electrons. The number of hydrogen-bond donors (Lipinski definition) is 2. The molecule has 3 aromatic carbocycles. The number of morpholine rings is 1. The second-order valence-corrected chi connectivity index (χ2v) is 8.38. The second-order valence-electron chi connectivity index (χ2n) is 8.38. The summed E-state index contributed by atoms with van der Waals surface area (Å²) in [6, 6.07) is 22.6. The van der Waals surface area contributed by atoms with Gasteiger partial charge < -0.3 is 15.4 Å². The third-order valence-electron chi connectivity index (χ3n) is 5.97. The van der Waals surface area contributed by atoms with Crippen LogP contribution in [0.5, 0.6) is 0 Å². The minimum absolute atomic E-state index is 0.157. The van der Waals surface area contributed by atoms with E-state index in [-0.39, 0.29) is 11.8 Å². The molecule has 1 atom stereocenters. The van der Waals surface area contributed by atoms with Gasteiger partial charge in [-0.15, -0.1) is 0 Å². The van der Waals surface area contributed by atoms with Gasteiger partial charge in [-0.05, 0) is 41.4 Å². The first kappa shape index (κ1) is 23.0. The highest BCUT2D eigenvalue weighted by Gasteiger charge is 2.22. The van der Waals surface area contributed by atoms with Crippen molar-refractivity contribution < 1.29 is 14.3 Å². The third-order valence-corrected chi connectivity index (χ3v) is 5.97. The molecule has 6 heteroatoms. The zero-order chi connectivity index (χ0) is 22.9. The normalized spacial score (nSPS) is 15.2. The van der Waals surface area contributed by atoms with Crippen LogP contribution in [-0.2, 0) is 16.0 Å². The summed E-state index contributed by atoms with van der Waals surface area (Å²) in [6.45, 7) is 4.92. The van der Waals surface area contributed by atoms with Crippen LogP contribution < -0.4 is 10.6 Å². The van der Waals surface area contributed by atoms with Gasteiger partial charge in [-0.25, -0.2) is 0 Å². The van der Waals surface area contributed by atoms with Crippen LogP contribution in [0.2, 0.25) is 0 Å². The standard InChI is InChI=1S/C27H31N3O3/c31-26(24-12-11-22-9-4-5-10-23(22)20-24)29-25(19-21-7-2-1-3-8-21)27(32)28-13-6-14-30-15-17-33-18-16-30/h1-5,7-12,20,25H,6,13-19H2,(H,28,32)(H,29,31). The van der Waals surface area contributed by atoms with Gasteiger partial charge in [-0.1, -0.05) is 60.7 Å². The fraction of sp³-hybridized carbons (Fsp3) is 0.333. The molecule has 2 amide bonds. The van der Waals surface area contributed by atoms with Crippen LogP contribution in [0.4, 0.5) is 0 Å². The average molecular weight is 446 g/mol. The topological polar surface area (TPSA) is 70.7 Å². The van der Waals surface area contributed by atoms with Gasteiger partial charge in [0.2, 0.25) is 5.91 Å². The van der Waals surface area contributed by atoms with Gasteiger partial charge in [0.15, 0.2) is 0 Å². The molecule has 1 saturated heterocycles. The quantitative estimate of drug-likeness (QED) is 0.497. The smallest absolute Gasteiger partial charge is 0.251 e. The molecule has 2 N–H and O–H groups in total. The van der Waals surface area contributed by atoms with E-state index in [2.05, 4.69) is 15.5 Å². The minimum atomic E-state index is -0.644. The molecular weight excluding hydrogens is 414 g/mol. The fourth-order valence-corrected chi connectivity index (χ4v) is 4.09. The van der Waals surface area contributed by atoms with E-state index in [0.29, 0.717) is 18.5 Å². The number of rotatable bonds is 9. The van der Waals surface area contributed by atoms with Crippen LogP contribution in [0.1, 0.15) is 22.3 Å². The molecule has 0 spiro atoms. The number of nitrogens with zero attached hydrogens (tertiary/aromatic N) is 1. The molecule has 0 bridgehead atoms. The number of nitrogens with one attached hydrogen (secondary N) is 2. The monoisotopic (exact) mass is 445 g/mol. The predicted octanol–water partition coefficient (Wildman–Crippen LogP) is 3.02. The maximum Gasteiger partial charge on any atom is 0.251 e. The number of benzene rings is 3. The molecule has 0 saturated carbocycles. The van der Waals surface area contributed by atoms with Crippen molar-refractivity contribution in [3.8, 4) is 0 Å². The van der Waals surface area contributed by atoms with E-state index in [9.17, 15) is 9.59 Å². The summed E-state index contributed by atoms with van der Waals surface area (Å²) in [6.07, 6.45) is 1.30. The largest absolute Gasteiger partial charge is 0.379 e. The predicted molar refractivity (Wildman–Crippen MR) is 130 cm³/mol. The molecule has 4 rings (SSSR count). The molecule has 0 aliphatic carbocycles. The van der Waals surface area contributed by atoms with Crippen molar-refractivity contribution in [3.05, 3.63) is 83.9 Å². The van der Waals surface area contributed by atoms with Crippen molar-refractivity contribution in [2.75, 3.05) is 39.4 Å². The first-order valence-electron chi connectivity index (χ1n) is 11.6. The van der Waals surface area contributed by atoms with Gasteiger partial charge >= 0.3 is 0 Å². The van der Waals surface area contributed by atoms with Crippen LogP contribution in [0, 0.1) is 0 Å². The highest BCUT2D eigenvalue weighted by atomic mass is 16.5. The first-order chi connectivity index (χ1) is 16.2. The highest BCUT2D eigenvalue weighted by molar-refractivity contribution is 6.00. The number of hydrogen-bond acceptors (Lipinski definition) is 4. The van der Waals surface area contributed by atoms with Gasteiger partial charge in [0.05, 0.1) is 13.2 Å². The number of ether oxygens (including phenoxy) is 1. The van der Waals surface area contributed by atoms with Crippen LogP contribution >= 0.6 is 0 Å². The zero-order valence-electron chi connectivity index (χ0n) is 18.8. The molecule has 0 aromatic heterocycles. The summed E-state index contributed by atoms with van der Waals surface area (Å²) in [5.74, 6) is -0.403. The molecule has 3 aromatic rings. The van der Waals surface area contributed by atoms with Gasteiger partial charge in [-0.2, -0.15) is 0 Å². The Balaban J connectivity index is 1.38. The lowest BCUT2D eigenvalue weighted by Gasteiger charge is -2.26. The summed E-state index contributed by atoms with van der Waals surface area (Å²) in [5.41, 5.74) is 1.55.